The van der Waals surface area contributed by atoms with Crippen molar-refractivity contribution in [3.05, 3.63) is 47.8 Å². The number of sulfone groups is 1. The standard InChI is InChI=1S/C20H27N3O3S/c1-26-19-18(6-4-11-21-19)15-23-13-9-16(10-14-23)7-8-17-5-3-12-22-20(17)27(2,24)25/h3-6,11-12,16H,7-10,13-15H2,1-2H3. The first kappa shape index (κ1) is 19.8. The molecule has 0 saturated carbocycles. The second kappa shape index (κ2) is 8.80. The van der Waals surface area contributed by atoms with E-state index in [-0.39, 0.29) is 5.03 Å². The van der Waals surface area contributed by atoms with Crippen molar-refractivity contribution in [1.82, 2.24) is 14.9 Å². The van der Waals surface area contributed by atoms with Gasteiger partial charge in [-0.25, -0.2) is 18.4 Å². The molecule has 2 aromatic heterocycles. The first-order valence-electron chi connectivity index (χ1n) is 9.31. The smallest absolute Gasteiger partial charge is 0.217 e. The van der Waals surface area contributed by atoms with Crippen LogP contribution >= 0.6 is 0 Å². The lowest BCUT2D eigenvalue weighted by Crippen LogP contribution is -2.33. The summed E-state index contributed by atoms with van der Waals surface area (Å²) in [4.78, 5) is 10.8. The van der Waals surface area contributed by atoms with Crippen LogP contribution in [0.1, 0.15) is 30.4 Å². The van der Waals surface area contributed by atoms with E-state index in [1.807, 2.05) is 18.2 Å². The minimum Gasteiger partial charge on any atom is -0.481 e. The predicted octanol–water partition coefficient (Wildman–Crippen LogP) is 2.73. The molecule has 146 valence electrons. The number of aromatic nitrogens is 2. The van der Waals surface area contributed by atoms with Gasteiger partial charge in [0.25, 0.3) is 0 Å². The van der Waals surface area contributed by atoms with Gasteiger partial charge in [-0.1, -0.05) is 12.1 Å². The Balaban J connectivity index is 1.52. The maximum atomic E-state index is 11.9. The molecule has 0 aromatic carbocycles. The zero-order chi connectivity index (χ0) is 19.3. The normalized spacial score (nSPS) is 16.4. The molecule has 1 saturated heterocycles. The van der Waals surface area contributed by atoms with Crippen molar-refractivity contribution in [2.24, 2.45) is 5.92 Å². The van der Waals surface area contributed by atoms with E-state index in [4.69, 9.17) is 4.74 Å². The van der Waals surface area contributed by atoms with Gasteiger partial charge >= 0.3 is 0 Å². The monoisotopic (exact) mass is 389 g/mol. The van der Waals surface area contributed by atoms with Crippen LogP contribution in [0.3, 0.4) is 0 Å². The van der Waals surface area contributed by atoms with Gasteiger partial charge < -0.3 is 4.74 Å². The molecule has 0 atom stereocenters. The highest BCUT2D eigenvalue weighted by atomic mass is 32.2. The number of methoxy groups -OCH3 is 1. The number of nitrogens with zero attached hydrogens (tertiary/aromatic N) is 3. The zero-order valence-corrected chi connectivity index (χ0v) is 16.8. The van der Waals surface area contributed by atoms with Crippen molar-refractivity contribution >= 4 is 9.84 Å². The topological polar surface area (TPSA) is 72.4 Å². The fourth-order valence-electron chi connectivity index (χ4n) is 3.71. The van der Waals surface area contributed by atoms with Crippen molar-refractivity contribution in [1.29, 1.82) is 0 Å². The summed E-state index contributed by atoms with van der Waals surface area (Å²) in [5.41, 5.74) is 1.95. The number of hydrogen-bond acceptors (Lipinski definition) is 6. The van der Waals surface area contributed by atoms with Crippen molar-refractivity contribution in [2.75, 3.05) is 26.5 Å². The molecule has 0 N–H and O–H groups in total. The molecule has 0 unspecified atom stereocenters. The van der Waals surface area contributed by atoms with Crippen LogP contribution in [-0.4, -0.2) is 49.7 Å². The molecule has 0 aliphatic carbocycles. The molecule has 6 nitrogen and oxygen atoms in total. The SMILES string of the molecule is COc1ncccc1CN1CCC(CCc2cccnc2S(C)(=O)=O)CC1. The average Bonchev–Trinajstić information content (AvgIpc) is 2.67. The van der Waals surface area contributed by atoms with Gasteiger partial charge in [0.15, 0.2) is 14.9 Å². The van der Waals surface area contributed by atoms with Crippen LogP contribution in [0.4, 0.5) is 0 Å². The summed E-state index contributed by atoms with van der Waals surface area (Å²) in [7, 11) is -1.62. The lowest BCUT2D eigenvalue weighted by Gasteiger charge is -2.32. The van der Waals surface area contributed by atoms with E-state index in [1.54, 1.807) is 19.5 Å². The number of ether oxygens (including phenoxy) is 1. The number of hydrogen-bond donors (Lipinski definition) is 0. The van der Waals surface area contributed by atoms with Gasteiger partial charge in [-0.2, -0.15) is 0 Å². The molecule has 1 aliphatic rings. The van der Waals surface area contributed by atoms with Gasteiger partial charge in [0.05, 0.1) is 7.11 Å². The Labute approximate surface area is 161 Å². The molecule has 2 aromatic rings. The van der Waals surface area contributed by atoms with E-state index in [1.165, 1.54) is 6.26 Å². The largest absolute Gasteiger partial charge is 0.481 e. The second-order valence-electron chi connectivity index (χ2n) is 7.17. The molecule has 3 heterocycles. The van der Waals surface area contributed by atoms with Crippen molar-refractivity contribution in [3.8, 4) is 5.88 Å². The third-order valence-electron chi connectivity index (χ3n) is 5.17. The zero-order valence-electron chi connectivity index (χ0n) is 16.0. The molecule has 27 heavy (non-hydrogen) atoms. The molecule has 0 amide bonds. The summed E-state index contributed by atoms with van der Waals surface area (Å²) in [5.74, 6) is 1.31. The molecule has 0 bridgehead atoms. The summed E-state index contributed by atoms with van der Waals surface area (Å²) in [6.07, 6.45) is 8.52. The molecule has 0 radical (unpaired) electrons. The number of pyridine rings is 2. The van der Waals surface area contributed by atoms with Gasteiger partial charge in [0, 0.05) is 30.8 Å². The third kappa shape index (κ3) is 5.26. The fourth-order valence-corrected chi connectivity index (χ4v) is 4.61. The summed E-state index contributed by atoms with van der Waals surface area (Å²) in [5, 5.41) is 0.228. The van der Waals surface area contributed by atoms with E-state index in [9.17, 15) is 8.42 Å². The van der Waals surface area contributed by atoms with E-state index >= 15 is 0 Å². The van der Waals surface area contributed by atoms with E-state index in [0.717, 1.165) is 56.4 Å². The highest BCUT2D eigenvalue weighted by Gasteiger charge is 2.21. The maximum absolute atomic E-state index is 11.9. The van der Waals surface area contributed by atoms with Gasteiger partial charge in [0.1, 0.15) is 0 Å². The van der Waals surface area contributed by atoms with Crippen molar-refractivity contribution in [2.45, 2.75) is 37.3 Å². The summed E-state index contributed by atoms with van der Waals surface area (Å²) >= 11 is 0. The highest BCUT2D eigenvalue weighted by Crippen LogP contribution is 2.26. The Morgan fingerprint density at radius 3 is 2.44 bits per heavy atom. The summed E-state index contributed by atoms with van der Waals surface area (Å²) < 4.78 is 29.1. The lowest BCUT2D eigenvalue weighted by atomic mass is 9.90. The van der Waals surface area contributed by atoms with Crippen LogP contribution in [0, 0.1) is 5.92 Å². The molecular weight excluding hydrogens is 362 g/mol. The lowest BCUT2D eigenvalue weighted by molar-refractivity contribution is 0.170. The van der Waals surface area contributed by atoms with Crippen LogP contribution in [0.15, 0.2) is 41.7 Å². The Morgan fingerprint density at radius 1 is 1.11 bits per heavy atom. The van der Waals surface area contributed by atoms with Gasteiger partial charge in [-0.05, 0) is 62.4 Å². The van der Waals surface area contributed by atoms with Gasteiger partial charge in [-0.15, -0.1) is 0 Å². The van der Waals surface area contributed by atoms with Gasteiger partial charge in [0.2, 0.25) is 5.88 Å². The number of aryl methyl sites for hydroxylation is 1. The average molecular weight is 390 g/mol. The van der Waals surface area contributed by atoms with Crippen LogP contribution in [-0.2, 0) is 22.8 Å². The molecule has 1 fully saturated rings. The quantitative estimate of drug-likeness (QED) is 0.725. The molecular formula is C20H27N3O3S. The number of piperidine rings is 1. The van der Waals surface area contributed by atoms with Crippen LogP contribution in [0.25, 0.3) is 0 Å². The van der Waals surface area contributed by atoms with E-state index in [0.29, 0.717) is 11.8 Å². The Morgan fingerprint density at radius 2 is 1.78 bits per heavy atom. The maximum Gasteiger partial charge on any atom is 0.217 e. The Kier molecular flexibility index (Phi) is 6.44. The summed E-state index contributed by atoms with van der Waals surface area (Å²) in [6.45, 7) is 2.92. The number of rotatable bonds is 7. The number of likely N-dealkylation sites (tertiary alicyclic amines) is 1. The van der Waals surface area contributed by atoms with Crippen molar-refractivity contribution in [3.63, 3.8) is 0 Å². The first-order chi connectivity index (χ1) is 13.0. The molecule has 7 heteroatoms. The van der Waals surface area contributed by atoms with Crippen LogP contribution < -0.4 is 4.74 Å². The molecule has 3 rings (SSSR count). The van der Waals surface area contributed by atoms with Gasteiger partial charge in [-0.3, -0.25) is 4.90 Å². The molecule has 0 spiro atoms. The first-order valence-corrected chi connectivity index (χ1v) is 11.2. The molecule has 1 aliphatic heterocycles. The minimum absolute atomic E-state index is 0.228. The van der Waals surface area contributed by atoms with Crippen LogP contribution in [0.2, 0.25) is 0 Å². The third-order valence-corrected chi connectivity index (χ3v) is 6.24. The van der Waals surface area contributed by atoms with Crippen LogP contribution in [0.5, 0.6) is 5.88 Å². The predicted molar refractivity (Wildman–Crippen MR) is 104 cm³/mol. The Hall–Kier alpha value is -1.99. The minimum atomic E-state index is -3.27. The second-order valence-corrected chi connectivity index (χ2v) is 9.10. The van der Waals surface area contributed by atoms with E-state index < -0.39 is 9.84 Å². The van der Waals surface area contributed by atoms with E-state index in [2.05, 4.69) is 20.9 Å². The Bertz CT molecular complexity index is 862. The van der Waals surface area contributed by atoms with Crippen molar-refractivity contribution < 1.29 is 13.2 Å². The summed E-state index contributed by atoms with van der Waals surface area (Å²) in [6, 6.07) is 7.70. The fraction of sp³-hybridized carbons (Fsp3) is 0.500. The highest BCUT2D eigenvalue weighted by molar-refractivity contribution is 7.90.